The summed E-state index contributed by atoms with van der Waals surface area (Å²) in [5, 5.41) is 8.83. The van der Waals surface area contributed by atoms with E-state index in [1.54, 1.807) is 6.92 Å². The summed E-state index contributed by atoms with van der Waals surface area (Å²) in [6, 6.07) is 0.103. The van der Waals surface area contributed by atoms with Crippen molar-refractivity contribution in [2.75, 3.05) is 26.7 Å². The van der Waals surface area contributed by atoms with Crippen LogP contribution >= 0.6 is 24.8 Å². The monoisotopic (exact) mass is 258 g/mol. The molecular formula is C9H20Cl2N2O2. The van der Waals surface area contributed by atoms with Crippen LogP contribution in [0.1, 0.15) is 13.8 Å². The minimum atomic E-state index is -0.725. The Balaban J connectivity index is 0. The molecule has 0 amide bonds. The molecule has 6 heteroatoms. The van der Waals surface area contributed by atoms with Crippen molar-refractivity contribution in [3.63, 3.8) is 0 Å². The summed E-state index contributed by atoms with van der Waals surface area (Å²) in [6.07, 6.45) is 0. The fourth-order valence-corrected chi connectivity index (χ4v) is 1.58. The van der Waals surface area contributed by atoms with Gasteiger partial charge in [0.1, 0.15) is 6.04 Å². The number of likely N-dealkylation sites (N-methyl/N-ethyl adjacent to an activating group) is 1. The lowest BCUT2D eigenvalue weighted by molar-refractivity contribution is -0.143. The van der Waals surface area contributed by atoms with E-state index in [1.165, 1.54) is 0 Å². The number of carbonyl (C=O) groups is 1. The Morgan fingerprint density at radius 2 is 1.93 bits per heavy atom. The maximum Gasteiger partial charge on any atom is 0.320 e. The molecule has 0 saturated carbocycles. The van der Waals surface area contributed by atoms with Crippen LogP contribution in [0, 0.1) is 0 Å². The Morgan fingerprint density at radius 1 is 1.40 bits per heavy atom. The highest BCUT2D eigenvalue weighted by molar-refractivity contribution is 5.85. The van der Waals surface area contributed by atoms with Gasteiger partial charge in [-0.2, -0.15) is 0 Å². The van der Waals surface area contributed by atoms with E-state index in [0.29, 0.717) is 6.04 Å². The Kier molecular flexibility index (Phi) is 8.43. The van der Waals surface area contributed by atoms with Crippen molar-refractivity contribution >= 4 is 30.8 Å². The third-order valence-electron chi connectivity index (χ3n) is 2.90. The zero-order chi connectivity index (χ0) is 10.0. The van der Waals surface area contributed by atoms with Gasteiger partial charge < -0.3 is 10.0 Å². The first-order chi connectivity index (χ1) is 6.02. The second kappa shape index (κ2) is 7.28. The molecule has 0 radical (unpaired) electrons. The van der Waals surface area contributed by atoms with Gasteiger partial charge in [-0.25, -0.2) is 0 Å². The van der Waals surface area contributed by atoms with Gasteiger partial charge in [0, 0.05) is 25.7 Å². The summed E-state index contributed by atoms with van der Waals surface area (Å²) in [6.45, 7) is 6.54. The van der Waals surface area contributed by atoms with Crippen LogP contribution in [0.4, 0.5) is 0 Å². The zero-order valence-electron chi connectivity index (χ0n) is 9.34. The first kappa shape index (κ1) is 17.4. The predicted octanol–water partition coefficient (Wildman–Crippen LogP) is 0.939. The number of hydrogen-bond acceptors (Lipinski definition) is 3. The Morgan fingerprint density at radius 3 is 2.33 bits per heavy atom. The average Bonchev–Trinajstić information content (AvgIpc) is 2.08. The first-order valence-corrected chi connectivity index (χ1v) is 4.69. The van der Waals surface area contributed by atoms with E-state index < -0.39 is 5.97 Å². The molecule has 92 valence electrons. The van der Waals surface area contributed by atoms with Crippen LogP contribution in [0.3, 0.4) is 0 Å². The standard InChI is InChI=1S/C9H18N2O2.2ClH/c1-7-6-11(5-4-10(7)3)8(2)9(12)13;;/h7-8H,4-6H2,1-3H3,(H,12,13);2*1H. The van der Waals surface area contributed by atoms with Crippen LogP contribution in [0.25, 0.3) is 0 Å². The van der Waals surface area contributed by atoms with E-state index in [-0.39, 0.29) is 30.9 Å². The number of aliphatic carboxylic acids is 1. The molecule has 1 rings (SSSR count). The van der Waals surface area contributed by atoms with Gasteiger partial charge in [-0.3, -0.25) is 9.69 Å². The van der Waals surface area contributed by atoms with Gasteiger partial charge in [-0.05, 0) is 20.9 Å². The van der Waals surface area contributed by atoms with E-state index in [4.69, 9.17) is 5.11 Å². The molecular weight excluding hydrogens is 239 g/mol. The normalized spacial score (nSPS) is 24.9. The summed E-state index contributed by atoms with van der Waals surface area (Å²) in [5.74, 6) is -0.725. The molecule has 0 aromatic heterocycles. The van der Waals surface area contributed by atoms with E-state index in [1.807, 2.05) is 4.90 Å². The molecule has 0 aromatic rings. The third-order valence-corrected chi connectivity index (χ3v) is 2.90. The number of nitrogens with zero attached hydrogens (tertiary/aromatic N) is 2. The Bertz CT molecular complexity index is 205. The smallest absolute Gasteiger partial charge is 0.320 e. The van der Waals surface area contributed by atoms with Crippen molar-refractivity contribution in [2.24, 2.45) is 0 Å². The molecule has 4 nitrogen and oxygen atoms in total. The molecule has 1 fully saturated rings. The lowest BCUT2D eigenvalue weighted by Gasteiger charge is -2.39. The van der Waals surface area contributed by atoms with Gasteiger partial charge in [0.15, 0.2) is 0 Å². The summed E-state index contributed by atoms with van der Waals surface area (Å²) < 4.78 is 0. The molecule has 1 aliphatic rings. The highest BCUT2D eigenvalue weighted by atomic mass is 35.5. The minimum absolute atomic E-state index is 0. The van der Waals surface area contributed by atoms with Crippen molar-refractivity contribution in [3.8, 4) is 0 Å². The molecule has 0 spiro atoms. The van der Waals surface area contributed by atoms with E-state index in [0.717, 1.165) is 19.6 Å². The van der Waals surface area contributed by atoms with Crippen LogP contribution in [0.15, 0.2) is 0 Å². The van der Waals surface area contributed by atoms with Gasteiger partial charge in [0.25, 0.3) is 0 Å². The maximum atomic E-state index is 10.7. The van der Waals surface area contributed by atoms with Crippen LogP contribution in [0.2, 0.25) is 0 Å². The zero-order valence-corrected chi connectivity index (χ0v) is 11.0. The molecule has 2 atom stereocenters. The van der Waals surface area contributed by atoms with Crippen molar-refractivity contribution in [3.05, 3.63) is 0 Å². The summed E-state index contributed by atoms with van der Waals surface area (Å²) >= 11 is 0. The minimum Gasteiger partial charge on any atom is -0.480 e. The average molecular weight is 259 g/mol. The Hall–Kier alpha value is -0.0300. The molecule has 1 N–H and O–H groups in total. The molecule has 1 aliphatic heterocycles. The van der Waals surface area contributed by atoms with Crippen LogP contribution in [-0.2, 0) is 4.79 Å². The second-order valence-electron chi connectivity index (χ2n) is 3.84. The molecule has 1 saturated heterocycles. The molecule has 0 aliphatic carbocycles. The SMILES string of the molecule is CC1CN(C(C)C(=O)O)CCN1C.Cl.Cl. The quantitative estimate of drug-likeness (QED) is 0.801. The predicted molar refractivity (Wildman–Crippen MR) is 65.3 cm³/mol. The number of hydrogen-bond donors (Lipinski definition) is 1. The van der Waals surface area contributed by atoms with Crippen LogP contribution < -0.4 is 0 Å². The van der Waals surface area contributed by atoms with Crippen molar-refractivity contribution < 1.29 is 9.90 Å². The number of rotatable bonds is 2. The summed E-state index contributed by atoms with van der Waals surface area (Å²) in [5.41, 5.74) is 0. The van der Waals surface area contributed by atoms with E-state index in [2.05, 4.69) is 18.9 Å². The van der Waals surface area contributed by atoms with Crippen molar-refractivity contribution in [1.29, 1.82) is 0 Å². The molecule has 2 unspecified atom stereocenters. The van der Waals surface area contributed by atoms with Gasteiger partial charge in [-0.15, -0.1) is 24.8 Å². The maximum absolute atomic E-state index is 10.7. The molecule has 15 heavy (non-hydrogen) atoms. The number of piperazine rings is 1. The lowest BCUT2D eigenvalue weighted by atomic mass is 10.1. The fourth-order valence-electron chi connectivity index (χ4n) is 1.58. The topological polar surface area (TPSA) is 43.8 Å². The lowest BCUT2D eigenvalue weighted by Crippen LogP contribution is -2.54. The number of carboxylic acids is 1. The molecule has 0 aromatic carbocycles. The van der Waals surface area contributed by atoms with Crippen molar-refractivity contribution in [1.82, 2.24) is 9.80 Å². The highest BCUT2D eigenvalue weighted by Crippen LogP contribution is 2.10. The van der Waals surface area contributed by atoms with E-state index in [9.17, 15) is 4.79 Å². The second-order valence-corrected chi connectivity index (χ2v) is 3.84. The van der Waals surface area contributed by atoms with Gasteiger partial charge in [-0.1, -0.05) is 0 Å². The summed E-state index contributed by atoms with van der Waals surface area (Å²) in [7, 11) is 2.08. The van der Waals surface area contributed by atoms with Gasteiger partial charge in [0.05, 0.1) is 0 Å². The van der Waals surface area contributed by atoms with Gasteiger partial charge in [0.2, 0.25) is 0 Å². The van der Waals surface area contributed by atoms with Crippen molar-refractivity contribution in [2.45, 2.75) is 25.9 Å². The Labute approximate surface area is 103 Å². The third kappa shape index (κ3) is 4.55. The van der Waals surface area contributed by atoms with E-state index >= 15 is 0 Å². The largest absolute Gasteiger partial charge is 0.480 e. The highest BCUT2D eigenvalue weighted by Gasteiger charge is 2.27. The molecule has 1 heterocycles. The number of halogens is 2. The molecule has 0 bridgehead atoms. The summed E-state index contributed by atoms with van der Waals surface area (Å²) in [4.78, 5) is 15.0. The van der Waals surface area contributed by atoms with Crippen LogP contribution in [0.5, 0.6) is 0 Å². The van der Waals surface area contributed by atoms with Crippen LogP contribution in [-0.4, -0.2) is 59.6 Å². The van der Waals surface area contributed by atoms with Gasteiger partial charge >= 0.3 is 5.97 Å². The fraction of sp³-hybridized carbons (Fsp3) is 0.889. The first-order valence-electron chi connectivity index (χ1n) is 4.69. The number of carboxylic acid groups (broad SMARTS) is 1.